The van der Waals surface area contributed by atoms with Crippen LogP contribution in [-0.4, -0.2) is 7.11 Å². The summed E-state index contributed by atoms with van der Waals surface area (Å²) >= 11 is 0. The maximum Gasteiger partial charge on any atom is 0.129 e. The third-order valence-corrected chi connectivity index (χ3v) is 3.45. The van der Waals surface area contributed by atoms with Crippen LogP contribution in [0.25, 0.3) is 0 Å². The van der Waals surface area contributed by atoms with Crippen LogP contribution in [0, 0.1) is 5.82 Å². The quantitative estimate of drug-likeness (QED) is 0.750. The van der Waals surface area contributed by atoms with Gasteiger partial charge in [-0.2, -0.15) is 0 Å². The summed E-state index contributed by atoms with van der Waals surface area (Å²) in [6.07, 6.45) is 6.32. The summed E-state index contributed by atoms with van der Waals surface area (Å²) in [5.74, 6) is 0.449. The molecule has 0 amide bonds. The van der Waals surface area contributed by atoms with Gasteiger partial charge in [0.05, 0.1) is 6.61 Å². The van der Waals surface area contributed by atoms with Crippen LogP contribution >= 0.6 is 0 Å². The molecule has 1 aromatic rings. The molecule has 0 saturated heterocycles. The first kappa shape index (κ1) is 11.6. The van der Waals surface area contributed by atoms with Crippen LogP contribution in [0.5, 0.6) is 0 Å². The van der Waals surface area contributed by atoms with Crippen molar-refractivity contribution in [3.8, 4) is 0 Å². The molecule has 0 bridgehead atoms. The monoisotopic (exact) mass is 222 g/mol. The smallest absolute Gasteiger partial charge is 0.129 e. The van der Waals surface area contributed by atoms with Gasteiger partial charge in [-0.1, -0.05) is 31.4 Å². The molecule has 88 valence electrons. The van der Waals surface area contributed by atoms with Gasteiger partial charge in [0.25, 0.3) is 0 Å². The van der Waals surface area contributed by atoms with E-state index in [2.05, 4.69) is 6.07 Å². The molecule has 1 aliphatic rings. The van der Waals surface area contributed by atoms with E-state index in [9.17, 15) is 4.39 Å². The number of rotatable bonds is 3. The van der Waals surface area contributed by atoms with E-state index in [0.29, 0.717) is 18.1 Å². The largest absolute Gasteiger partial charge is 0.380 e. The van der Waals surface area contributed by atoms with Gasteiger partial charge in [0.2, 0.25) is 0 Å². The van der Waals surface area contributed by atoms with Crippen molar-refractivity contribution in [3.63, 3.8) is 0 Å². The van der Waals surface area contributed by atoms with E-state index < -0.39 is 0 Å². The lowest BCUT2D eigenvalue weighted by Crippen LogP contribution is -2.05. The highest BCUT2D eigenvalue weighted by Gasteiger charge is 2.16. The van der Waals surface area contributed by atoms with E-state index in [1.165, 1.54) is 32.1 Å². The van der Waals surface area contributed by atoms with Gasteiger partial charge in [0, 0.05) is 12.7 Å². The Balaban J connectivity index is 2.13. The lowest BCUT2D eigenvalue weighted by atomic mass is 9.84. The second-order valence-corrected chi connectivity index (χ2v) is 4.62. The van der Waals surface area contributed by atoms with Crippen LogP contribution in [0.4, 0.5) is 4.39 Å². The van der Waals surface area contributed by atoms with Crippen LogP contribution < -0.4 is 0 Å². The van der Waals surface area contributed by atoms with Gasteiger partial charge in [0.1, 0.15) is 5.82 Å². The Morgan fingerprint density at radius 3 is 2.62 bits per heavy atom. The summed E-state index contributed by atoms with van der Waals surface area (Å²) in [7, 11) is 1.59. The zero-order chi connectivity index (χ0) is 11.4. The van der Waals surface area contributed by atoms with Crippen LogP contribution in [0.2, 0.25) is 0 Å². The second-order valence-electron chi connectivity index (χ2n) is 4.62. The van der Waals surface area contributed by atoms with Gasteiger partial charge in [-0.3, -0.25) is 0 Å². The molecule has 1 fully saturated rings. The highest BCUT2D eigenvalue weighted by atomic mass is 19.1. The van der Waals surface area contributed by atoms with Crippen LogP contribution in [-0.2, 0) is 11.3 Å². The van der Waals surface area contributed by atoms with Gasteiger partial charge in [-0.05, 0) is 30.4 Å². The minimum absolute atomic E-state index is 0.120. The van der Waals surface area contributed by atoms with Crippen LogP contribution in [0.1, 0.15) is 49.1 Å². The number of halogens is 1. The highest BCUT2D eigenvalue weighted by Crippen LogP contribution is 2.33. The molecule has 1 aromatic carbocycles. The lowest BCUT2D eigenvalue weighted by Gasteiger charge is -2.22. The zero-order valence-electron chi connectivity index (χ0n) is 9.84. The predicted octanol–water partition coefficient (Wildman–Crippen LogP) is 4.02. The maximum atomic E-state index is 13.7. The van der Waals surface area contributed by atoms with Crippen molar-refractivity contribution in [2.24, 2.45) is 0 Å². The van der Waals surface area contributed by atoms with Crippen molar-refractivity contribution >= 4 is 0 Å². The summed E-state index contributed by atoms with van der Waals surface area (Å²) in [6.45, 7) is 0.358. The average molecular weight is 222 g/mol. The van der Waals surface area contributed by atoms with Crippen LogP contribution in [0.3, 0.4) is 0 Å². The summed E-state index contributed by atoms with van der Waals surface area (Å²) in [5, 5.41) is 0. The number of hydrogen-bond acceptors (Lipinski definition) is 1. The minimum atomic E-state index is -0.120. The fourth-order valence-corrected chi connectivity index (χ4v) is 2.53. The van der Waals surface area contributed by atoms with Gasteiger partial charge >= 0.3 is 0 Å². The Labute approximate surface area is 96.6 Å². The highest BCUT2D eigenvalue weighted by molar-refractivity contribution is 5.27. The number of ether oxygens (including phenoxy) is 1. The molecular weight excluding hydrogens is 203 g/mol. The SMILES string of the molecule is COCc1ccc(C2CCCCC2)cc1F. The summed E-state index contributed by atoms with van der Waals surface area (Å²) in [6, 6.07) is 5.63. The molecule has 16 heavy (non-hydrogen) atoms. The molecule has 1 aliphatic carbocycles. The summed E-state index contributed by atoms with van der Waals surface area (Å²) in [5.41, 5.74) is 1.82. The molecule has 0 radical (unpaired) electrons. The third kappa shape index (κ3) is 2.62. The van der Waals surface area contributed by atoms with E-state index in [1.807, 2.05) is 6.07 Å². The van der Waals surface area contributed by atoms with Gasteiger partial charge < -0.3 is 4.74 Å². The third-order valence-electron chi connectivity index (χ3n) is 3.45. The van der Waals surface area contributed by atoms with Crippen molar-refractivity contribution in [2.45, 2.75) is 44.6 Å². The van der Waals surface area contributed by atoms with Crippen molar-refractivity contribution in [1.82, 2.24) is 0 Å². The second kappa shape index (κ2) is 5.44. The van der Waals surface area contributed by atoms with Crippen molar-refractivity contribution < 1.29 is 9.13 Å². The summed E-state index contributed by atoms with van der Waals surface area (Å²) in [4.78, 5) is 0. The average Bonchev–Trinajstić information content (AvgIpc) is 2.33. The summed E-state index contributed by atoms with van der Waals surface area (Å²) < 4.78 is 18.7. The molecule has 0 aromatic heterocycles. The lowest BCUT2D eigenvalue weighted by molar-refractivity contribution is 0.181. The van der Waals surface area contributed by atoms with E-state index in [4.69, 9.17) is 4.74 Å². The Hall–Kier alpha value is -0.890. The molecule has 0 atom stereocenters. The topological polar surface area (TPSA) is 9.23 Å². The molecule has 0 aliphatic heterocycles. The molecule has 2 heteroatoms. The molecule has 1 saturated carbocycles. The molecule has 0 spiro atoms. The Morgan fingerprint density at radius 1 is 1.25 bits per heavy atom. The number of hydrogen-bond donors (Lipinski definition) is 0. The van der Waals surface area contributed by atoms with E-state index in [0.717, 1.165) is 5.56 Å². The van der Waals surface area contributed by atoms with Gasteiger partial charge in [0.15, 0.2) is 0 Å². The fraction of sp³-hybridized carbons (Fsp3) is 0.571. The van der Waals surface area contributed by atoms with Crippen molar-refractivity contribution in [3.05, 3.63) is 35.1 Å². The van der Waals surface area contributed by atoms with Crippen molar-refractivity contribution in [2.75, 3.05) is 7.11 Å². The standard InChI is InChI=1S/C14H19FO/c1-16-10-13-8-7-12(9-14(13)15)11-5-3-2-4-6-11/h7-9,11H,2-6,10H2,1H3. The number of methoxy groups -OCH3 is 1. The van der Waals surface area contributed by atoms with E-state index in [1.54, 1.807) is 13.2 Å². The molecule has 0 unspecified atom stereocenters. The first-order valence-corrected chi connectivity index (χ1v) is 6.08. The molecule has 0 N–H and O–H groups in total. The van der Waals surface area contributed by atoms with Gasteiger partial charge in [-0.25, -0.2) is 4.39 Å². The molecule has 0 heterocycles. The van der Waals surface area contributed by atoms with Crippen LogP contribution in [0.15, 0.2) is 18.2 Å². The van der Waals surface area contributed by atoms with E-state index in [-0.39, 0.29) is 5.82 Å². The Kier molecular flexibility index (Phi) is 3.94. The molecule has 1 nitrogen and oxygen atoms in total. The minimum Gasteiger partial charge on any atom is -0.380 e. The predicted molar refractivity (Wildman–Crippen MR) is 62.9 cm³/mol. The van der Waals surface area contributed by atoms with Gasteiger partial charge in [-0.15, -0.1) is 0 Å². The zero-order valence-corrected chi connectivity index (χ0v) is 9.84. The molecular formula is C14H19FO. The maximum absolute atomic E-state index is 13.7. The molecule has 2 rings (SSSR count). The number of benzene rings is 1. The Bertz CT molecular complexity index is 343. The van der Waals surface area contributed by atoms with Crippen molar-refractivity contribution in [1.29, 1.82) is 0 Å². The normalized spacial score (nSPS) is 17.6. The Morgan fingerprint density at radius 2 is 2.00 bits per heavy atom. The first-order valence-electron chi connectivity index (χ1n) is 6.08. The van der Waals surface area contributed by atoms with E-state index >= 15 is 0 Å². The fourth-order valence-electron chi connectivity index (χ4n) is 2.53. The first-order chi connectivity index (χ1) is 7.81.